The Morgan fingerprint density at radius 2 is 2.26 bits per heavy atom. The first-order valence-electron chi connectivity index (χ1n) is 7.36. The van der Waals surface area contributed by atoms with Gasteiger partial charge in [-0.25, -0.2) is 4.98 Å². The van der Waals surface area contributed by atoms with E-state index in [1.54, 1.807) is 0 Å². The summed E-state index contributed by atoms with van der Waals surface area (Å²) in [7, 11) is 0. The molecule has 4 nitrogen and oxygen atoms in total. The fourth-order valence-electron chi connectivity index (χ4n) is 3.27. The van der Waals surface area contributed by atoms with Crippen LogP contribution in [-0.2, 0) is 0 Å². The first-order valence-corrected chi connectivity index (χ1v) is 7.36. The third-order valence-corrected chi connectivity index (χ3v) is 4.06. The average Bonchev–Trinajstić information content (AvgIpc) is 2.96. The third-order valence-electron chi connectivity index (χ3n) is 4.06. The second-order valence-electron chi connectivity index (χ2n) is 5.80. The van der Waals surface area contributed by atoms with Gasteiger partial charge in [0.1, 0.15) is 0 Å². The average molecular weight is 261 g/mol. The van der Waals surface area contributed by atoms with E-state index in [0.717, 1.165) is 11.6 Å². The van der Waals surface area contributed by atoms with Gasteiger partial charge in [-0.3, -0.25) is 4.90 Å². The SMILES string of the molecule is CC(C)Oc1cccnc1NC1CCN2CCCC12. The van der Waals surface area contributed by atoms with Crippen LogP contribution in [0.2, 0.25) is 0 Å². The van der Waals surface area contributed by atoms with E-state index in [2.05, 4.69) is 15.2 Å². The fraction of sp³-hybridized carbons (Fsp3) is 0.667. The van der Waals surface area contributed by atoms with Crippen molar-refractivity contribution in [3.05, 3.63) is 18.3 Å². The second-order valence-corrected chi connectivity index (χ2v) is 5.80. The standard InChI is InChI=1S/C15H23N3O/c1-11(2)19-14-6-3-8-16-15(14)17-12-7-10-18-9-4-5-13(12)18/h3,6,8,11-13H,4-5,7,9-10H2,1-2H3,(H,16,17). The topological polar surface area (TPSA) is 37.4 Å². The largest absolute Gasteiger partial charge is 0.487 e. The minimum Gasteiger partial charge on any atom is -0.487 e. The van der Waals surface area contributed by atoms with Crippen molar-refractivity contribution >= 4 is 5.82 Å². The number of aromatic nitrogens is 1. The van der Waals surface area contributed by atoms with Crippen LogP contribution in [0.15, 0.2) is 18.3 Å². The van der Waals surface area contributed by atoms with Crippen molar-refractivity contribution in [1.82, 2.24) is 9.88 Å². The summed E-state index contributed by atoms with van der Waals surface area (Å²) >= 11 is 0. The molecule has 0 aromatic carbocycles. The lowest BCUT2D eigenvalue weighted by atomic mass is 10.1. The van der Waals surface area contributed by atoms with Crippen LogP contribution in [0.3, 0.4) is 0 Å². The molecule has 19 heavy (non-hydrogen) atoms. The van der Waals surface area contributed by atoms with E-state index >= 15 is 0 Å². The minimum atomic E-state index is 0.177. The zero-order valence-corrected chi connectivity index (χ0v) is 11.8. The molecule has 0 amide bonds. The van der Waals surface area contributed by atoms with Crippen LogP contribution in [-0.4, -0.2) is 41.2 Å². The number of fused-ring (bicyclic) bond motifs is 1. The molecule has 104 valence electrons. The molecule has 3 rings (SSSR count). The Morgan fingerprint density at radius 3 is 3.11 bits per heavy atom. The van der Waals surface area contributed by atoms with E-state index in [9.17, 15) is 0 Å². The van der Waals surface area contributed by atoms with Crippen molar-refractivity contribution < 1.29 is 4.74 Å². The van der Waals surface area contributed by atoms with Crippen molar-refractivity contribution in [2.75, 3.05) is 18.4 Å². The molecule has 3 heterocycles. The number of anilines is 1. The van der Waals surface area contributed by atoms with Gasteiger partial charge in [0.15, 0.2) is 11.6 Å². The monoisotopic (exact) mass is 261 g/mol. The van der Waals surface area contributed by atoms with Crippen LogP contribution in [0.1, 0.15) is 33.1 Å². The van der Waals surface area contributed by atoms with Crippen LogP contribution in [0.4, 0.5) is 5.82 Å². The van der Waals surface area contributed by atoms with Gasteiger partial charge in [-0.2, -0.15) is 0 Å². The van der Waals surface area contributed by atoms with Crippen molar-refractivity contribution in [2.24, 2.45) is 0 Å². The number of hydrogen-bond donors (Lipinski definition) is 1. The number of nitrogens with one attached hydrogen (secondary N) is 1. The molecular formula is C15H23N3O. The molecule has 0 bridgehead atoms. The van der Waals surface area contributed by atoms with Gasteiger partial charge in [-0.1, -0.05) is 0 Å². The summed E-state index contributed by atoms with van der Waals surface area (Å²) in [4.78, 5) is 7.06. The Morgan fingerprint density at radius 1 is 1.37 bits per heavy atom. The molecular weight excluding hydrogens is 238 g/mol. The van der Waals surface area contributed by atoms with Crippen LogP contribution >= 0.6 is 0 Å². The van der Waals surface area contributed by atoms with Gasteiger partial charge in [0.05, 0.1) is 6.10 Å². The summed E-state index contributed by atoms with van der Waals surface area (Å²) in [5.41, 5.74) is 0. The number of rotatable bonds is 4. The Hall–Kier alpha value is -1.29. The molecule has 2 unspecified atom stereocenters. The lowest BCUT2D eigenvalue weighted by molar-refractivity contribution is 0.242. The molecule has 2 saturated heterocycles. The lowest BCUT2D eigenvalue weighted by Crippen LogP contribution is -2.34. The lowest BCUT2D eigenvalue weighted by Gasteiger charge is -2.23. The number of pyridine rings is 1. The Balaban J connectivity index is 1.72. The summed E-state index contributed by atoms with van der Waals surface area (Å²) in [6, 6.07) is 5.14. The number of ether oxygens (including phenoxy) is 1. The van der Waals surface area contributed by atoms with E-state index in [1.807, 2.05) is 32.2 Å². The predicted octanol–water partition coefficient (Wildman–Crippen LogP) is 2.52. The predicted molar refractivity (Wildman–Crippen MR) is 76.6 cm³/mol. The molecule has 2 aliphatic heterocycles. The third kappa shape index (κ3) is 2.68. The molecule has 2 fully saturated rings. The Kier molecular flexibility index (Phi) is 3.60. The zero-order valence-electron chi connectivity index (χ0n) is 11.8. The first kappa shape index (κ1) is 12.7. The maximum absolute atomic E-state index is 5.83. The molecule has 0 aliphatic carbocycles. The molecule has 0 saturated carbocycles. The minimum absolute atomic E-state index is 0.177. The zero-order chi connectivity index (χ0) is 13.2. The molecule has 2 aliphatic rings. The Bertz CT molecular complexity index is 435. The van der Waals surface area contributed by atoms with Gasteiger partial charge < -0.3 is 10.1 Å². The van der Waals surface area contributed by atoms with Gasteiger partial charge in [0.2, 0.25) is 0 Å². The van der Waals surface area contributed by atoms with E-state index in [4.69, 9.17) is 4.74 Å². The quantitative estimate of drug-likeness (QED) is 0.903. The number of nitrogens with zero attached hydrogens (tertiary/aromatic N) is 2. The maximum Gasteiger partial charge on any atom is 0.169 e. The Labute approximate surface area is 115 Å². The highest BCUT2D eigenvalue weighted by atomic mass is 16.5. The van der Waals surface area contributed by atoms with Crippen molar-refractivity contribution in [3.8, 4) is 5.75 Å². The van der Waals surface area contributed by atoms with E-state index in [1.165, 1.54) is 32.4 Å². The molecule has 1 N–H and O–H groups in total. The van der Waals surface area contributed by atoms with Crippen LogP contribution in [0.25, 0.3) is 0 Å². The molecule has 1 aromatic rings. The summed E-state index contributed by atoms with van der Waals surface area (Å²) in [5, 5.41) is 3.61. The van der Waals surface area contributed by atoms with Crippen LogP contribution in [0.5, 0.6) is 5.75 Å². The normalized spacial score (nSPS) is 26.7. The summed E-state index contributed by atoms with van der Waals surface area (Å²) < 4.78 is 5.83. The highest BCUT2D eigenvalue weighted by molar-refractivity contribution is 5.50. The number of hydrogen-bond acceptors (Lipinski definition) is 4. The summed E-state index contributed by atoms with van der Waals surface area (Å²) in [6.07, 6.45) is 5.86. The first-order chi connectivity index (χ1) is 9.24. The molecule has 2 atom stereocenters. The van der Waals surface area contributed by atoms with Crippen molar-refractivity contribution in [1.29, 1.82) is 0 Å². The van der Waals surface area contributed by atoms with E-state index < -0.39 is 0 Å². The van der Waals surface area contributed by atoms with Crippen molar-refractivity contribution in [3.63, 3.8) is 0 Å². The highest BCUT2D eigenvalue weighted by Crippen LogP contribution is 2.32. The van der Waals surface area contributed by atoms with Crippen molar-refractivity contribution in [2.45, 2.75) is 51.3 Å². The van der Waals surface area contributed by atoms with Gasteiger partial charge >= 0.3 is 0 Å². The summed E-state index contributed by atoms with van der Waals surface area (Å²) in [6.45, 7) is 6.58. The van der Waals surface area contributed by atoms with Gasteiger partial charge in [0, 0.05) is 24.8 Å². The highest BCUT2D eigenvalue weighted by Gasteiger charge is 2.37. The van der Waals surface area contributed by atoms with Crippen LogP contribution < -0.4 is 10.1 Å². The molecule has 0 radical (unpaired) electrons. The second kappa shape index (κ2) is 5.37. The molecule has 1 aromatic heterocycles. The molecule has 0 spiro atoms. The smallest absolute Gasteiger partial charge is 0.169 e. The molecule has 4 heteroatoms. The summed E-state index contributed by atoms with van der Waals surface area (Å²) in [5.74, 6) is 1.77. The fourth-order valence-corrected chi connectivity index (χ4v) is 3.27. The van der Waals surface area contributed by atoms with Crippen LogP contribution in [0, 0.1) is 0 Å². The van der Waals surface area contributed by atoms with Gasteiger partial charge in [0.25, 0.3) is 0 Å². The van der Waals surface area contributed by atoms with E-state index in [0.29, 0.717) is 12.1 Å². The van der Waals surface area contributed by atoms with E-state index in [-0.39, 0.29) is 6.10 Å². The van der Waals surface area contributed by atoms with Gasteiger partial charge in [-0.15, -0.1) is 0 Å². The van der Waals surface area contributed by atoms with Gasteiger partial charge in [-0.05, 0) is 51.8 Å². The maximum atomic E-state index is 5.83.